The van der Waals surface area contributed by atoms with Crippen LogP contribution in [0.2, 0.25) is 0 Å². The van der Waals surface area contributed by atoms with E-state index in [1.807, 2.05) is 0 Å². The van der Waals surface area contributed by atoms with Crippen LogP contribution < -0.4 is 16.4 Å². The molecule has 3 rings (SSSR count). The molecule has 1 amide bonds. The average Bonchev–Trinajstić information content (AvgIpc) is 2.88. The number of benzene rings is 2. The molecule has 7 nitrogen and oxygen atoms in total. The number of aromatic carboxylic acids is 1. The Hall–Kier alpha value is -3.22. The Labute approximate surface area is 125 Å². The van der Waals surface area contributed by atoms with Crippen molar-refractivity contribution >= 4 is 23.3 Å². The third-order valence-corrected chi connectivity index (χ3v) is 3.60. The van der Waals surface area contributed by atoms with Gasteiger partial charge in [-0.2, -0.15) is 0 Å². The van der Waals surface area contributed by atoms with Crippen LogP contribution in [0.5, 0.6) is 5.75 Å². The number of nitrogens with two attached hydrogens (primary N) is 1. The summed E-state index contributed by atoms with van der Waals surface area (Å²) in [6, 6.07) is 10.6. The lowest BCUT2D eigenvalue weighted by molar-refractivity contribution is -0.121. The van der Waals surface area contributed by atoms with Crippen molar-refractivity contribution in [1.82, 2.24) is 0 Å². The number of carbonyl (C=O) groups is 2. The number of anilines is 2. The first-order valence-electron chi connectivity index (χ1n) is 6.46. The predicted molar refractivity (Wildman–Crippen MR) is 79.6 cm³/mol. The minimum absolute atomic E-state index is 0.0342. The van der Waals surface area contributed by atoms with E-state index in [1.54, 1.807) is 12.1 Å². The quantitative estimate of drug-likeness (QED) is 0.581. The van der Waals surface area contributed by atoms with Crippen LogP contribution in [-0.4, -0.2) is 22.1 Å². The molecule has 22 heavy (non-hydrogen) atoms. The minimum Gasteiger partial charge on any atom is -0.508 e. The van der Waals surface area contributed by atoms with Crippen LogP contribution in [0.15, 0.2) is 42.5 Å². The van der Waals surface area contributed by atoms with Crippen LogP contribution in [0.3, 0.4) is 0 Å². The number of carboxylic acid groups (broad SMARTS) is 1. The zero-order valence-corrected chi connectivity index (χ0v) is 11.3. The van der Waals surface area contributed by atoms with Crippen molar-refractivity contribution < 1.29 is 19.8 Å². The molecular weight excluding hydrogens is 286 g/mol. The lowest BCUT2D eigenvalue weighted by Gasteiger charge is -2.27. The summed E-state index contributed by atoms with van der Waals surface area (Å²) in [7, 11) is 0. The standard InChI is InChI=1S/C15H13N3O4/c16-14(22)15(8-4-6-9(19)7-5-8)17-11-3-1-2-10(13(20)21)12(11)18-15/h1-7,17-19H,(H2,16,22)(H,20,21). The van der Waals surface area contributed by atoms with Gasteiger partial charge in [0.25, 0.3) is 5.91 Å². The Balaban J connectivity index is 2.13. The zero-order chi connectivity index (χ0) is 15.9. The number of fused-ring (bicyclic) bond motifs is 1. The highest BCUT2D eigenvalue weighted by Gasteiger charge is 2.45. The molecule has 0 saturated carbocycles. The highest BCUT2D eigenvalue weighted by Crippen LogP contribution is 2.41. The summed E-state index contributed by atoms with van der Waals surface area (Å²) >= 11 is 0. The second kappa shape index (κ2) is 4.66. The summed E-state index contributed by atoms with van der Waals surface area (Å²) in [4.78, 5) is 23.4. The number of hydrogen-bond donors (Lipinski definition) is 5. The second-order valence-corrected chi connectivity index (χ2v) is 4.94. The van der Waals surface area contributed by atoms with Crippen LogP contribution in [0.25, 0.3) is 0 Å². The lowest BCUT2D eigenvalue weighted by Crippen LogP contribution is -2.50. The number of aromatic hydroxyl groups is 1. The number of rotatable bonds is 3. The molecule has 1 aliphatic heterocycles. The number of phenolic OH excluding ortho intramolecular Hbond substituents is 1. The maximum absolute atomic E-state index is 12.0. The number of phenols is 1. The molecule has 0 aromatic heterocycles. The molecule has 0 spiro atoms. The van der Waals surface area contributed by atoms with Gasteiger partial charge in [0, 0.05) is 5.56 Å². The van der Waals surface area contributed by atoms with E-state index in [2.05, 4.69) is 10.6 Å². The SMILES string of the molecule is NC(=O)C1(c2ccc(O)cc2)Nc2cccc(C(=O)O)c2N1. The predicted octanol–water partition coefficient (Wildman–Crippen LogP) is 1.27. The Kier molecular flexibility index (Phi) is 2.91. The lowest BCUT2D eigenvalue weighted by atomic mass is 9.99. The summed E-state index contributed by atoms with van der Waals surface area (Å²) in [5.74, 6) is -1.78. The van der Waals surface area contributed by atoms with Crippen LogP contribution in [0, 0.1) is 0 Å². The maximum Gasteiger partial charge on any atom is 0.337 e. The van der Waals surface area contributed by atoms with Crippen molar-refractivity contribution in [2.24, 2.45) is 5.73 Å². The van der Waals surface area contributed by atoms with Gasteiger partial charge in [-0.3, -0.25) is 4.79 Å². The van der Waals surface area contributed by atoms with Crippen molar-refractivity contribution in [3.63, 3.8) is 0 Å². The number of carboxylic acids is 1. The molecule has 2 aromatic carbocycles. The summed E-state index contributed by atoms with van der Waals surface area (Å²) in [6.07, 6.45) is 0. The normalized spacial score (nSPS) is 18.9. The number of primary amides is 1. The highest BCUT2D eigenvalue weighted by molar-refractivity contribution is 6.04. The van der Waals surface area contributed by atoms with Crippen LogP contribution in [0.1, 0.15) is 15.9 Å². The van der Waals surface area contributed by atoms with Gasteiger partial charge in [0.05, 0.1) is 16.9 Å². The fraction of sp³-hybridized carbons (Fsp3) is 0.0667. The molecule has 0 fully saturated rings. The van der Waals surface area contributed by atoms with Gasteiger partial charge in [-0.05, 0) is 24.3 Å². The Morgan fingerprint density at radius 2 is 1.73 bits per heavy atom. The number of carbonyl (C=O) groups excluding carboxylic acids is 1. The smallest absolute Gasteiger partial charge is 0.337 e. The third-order valence-electron chi connectivity index (χ3n) is 3.60. The van der Waals surface area contributed by atoms with Crippen molar-refractivity contribution in [3.05, 3.63) is 53.6 Å². The van der Waals surface area contributed by atoms with Crippen LogP contribution >= 0.6 is 0 Å². The molecule has 0 radical (unpaired) electrons. The van der Waals surface area contributed by atoms with E-state index < -0.39 is 17.5 Å². The fourth-order valence-corrected chi connectivity index (χ4v) is 2.51. The monoisotopic (exact) mass is 299 g/mol. The Bertz CT molecular complexity index is 773. The van der Waals surface area contributed by atoms with Crippen molar-refractivity contribution in [2.45, 2.75) is 5.66 Å². The second-order valence-electron chi connectivity index (χ2n) is 4.94. The average molecular weight is 299 g/mol. The van der Waals surface area contributed by atoms with Crippen molar-refractivity contribution in [2.75, 3.05) is 10.6 Å². The van der Waals surface area contributed by atoms with Crippen molar-refractivity contribution in [1.29, 1.82) is 0 Å². The first-order chi connectivity index (χ1) is 10.4. The number of para-hydroxylation sites is 1. The summed E-state index contributed by atoms with van der Waals surface area (Å²) in [5.41, 5.74) is 5.32. The fourth-order valence-electron chi connectivity index (χ4n) is 2.51. The maximum atomic E-state index is 12.0. The summed E-state index contributed by atoms with van der Waals surface area (Å²) in [5, 5.41) is 24.5. The molecule has 7 heteroatoms. The largest absolute Gasteiger partial charge is 0.508 e. The van der Waals surface area contributed by atoms with Gasteiger partial charge in [-0.25, -0.2) is 4.79 Å². The summed E-state index contributed by atoms with van der Waals surface area (Å²) < 4.78 is 0. The molecule has 1 atom stereocenters. The number of nitrogens with one attached hydrogen (secondary N) is 2. The highest BCUT2D eigenvalue weighted by atomic mass is 16.4. The topological polar surface area (TPSA) is 125 Å². The van der Waals surface area contributed by atoms with E-state index in [4.69, 9.17) is 5.73 Å². The minimum atomic E-state index is -1.47. The molecular formula is C15H13N3O4. The van der Waals surface area contributed by atoms with Gasteiger partial charge in [0.15, 0.2) is 0 Å². The molecule has 1 heterocycles. The van der Waals surface area contributed by atoms with Gasteiger partial charge < -0.3 is 26.6 Å². The molecule has 1 aliphatic rings. The zero-order valence-electron chi connectivity index (χ0n) is 11.3. The molecule has 112 valence electrons. The molecule has 1 unspecified atom stereocenters. The van der Waals surface area contributed by atoms with E-state index >= 15 is 0 Å². The van der Waals surface area contributed by atoms with Crippen LogP contribution in [0.4, 0.5) is 11.4 Å². The molecule has 0 aliphatic carbocycles. The van der Waals surface area contributed by atoms with E-state index in [-0.39, 0.29) is 11.3 Å². The van der Waals surface area contributed by atoms with E-state index in [1.165, 1.54) is 30.3 Å². The van der Waals surface area contributed by atoms with Gasteiger partial charge >= 0.3 is 5.97 Å². The first kappa shape index (κ1) is 13.7. The first-order valence-corrected chi connectivity index (χ1v) is 6.46. The van der Waals surface area contributed by atoms with Crippen LogP contribution in [-0.2, 0) is 10.5 Å². The van der Waals surface area contributed by atoms with Crippen molar-refractivity contribution in [3.8, 4) is 5.75 Å². The number of hydrogen-bond acceptors (Lipinski definition) is 5. The van der Waals surface area contributed by atoms with Gasteiger partial charge in [-0.1, -0.05) is 18.2 Å². The number of amides is 1. The van der Waals surface area contributed by atoms with Gasteiger partial charge in [-0.15, -0.1) is 0 Å². The Morgan fingerprint density at radius 1 is 1.05 bits per heavy atom. The molecule has 2 aromatic rings. The van der Waals surface area contributed by atoms with E-state index in [9.17, 15) is 19.8 Å². The molecule has 6 N–H and O–H groups in total. The van der Waals surface area contributed by atoms with Gasteiger partial charge in [0.2, 0.25) is 5.66 Å². The summed E-state index contributed by atoms with van der Waals surface area (Å²) in [6.45, 7) is 0. The Morgan fingerprint density at radius 3 is 2.32 bits per heavy atom. The van der Waals surface area contributed by atoms with E-state index in [0.29, 0.717) is 16.9 Å². The molecule has 0 saturated heterocycles. The van der Waals surface area contributed by atoms with Gasteiger partial charge in [0.1, 0.15) is 5.75 Å². The van der Waals surface area contributed by atoms with E-state index in [0.717, 1.165) is 0 Å². The molecule has 0 bridgehead atoms. The third kappa shape index (κ3) is 1.91.